The maximum Gasteiger partial charge on any atom is 0.313 e. The highest BCUT2D eigenvalue weighted by molar-refractivity contribution is 7.99. The van der Waals surface area contributed by atoms with E-state index in [4.69, 9.17) is 5.11 Å². The Morgan fingerprint density at radius 1 is 1.40 bits per heavy atom. The second-order valence-electron chi connectivity index (χ2n) is 3.80. The summed E-state index contributed by atoms with van der Waals surface area (Å²) in [6.07, 6.45) is 3.59. The molecule has 0 aliphatic carbocycles. The average molecular weight is 308 g/mol. The van der Waals surface area contributed by atoms with E-state index < -0.39 is 5.97 Å². The number of hydrogen-bond acceptors (Lipinski definition) is 5. The summed E-state index contributed by atoms with van der Waals surface area (Å²) < 4.78 is 1.72. The molecule has 0 bridgehead atoms. The van der Waals surface area contributed by atoms with E-state index in [1.54, 1.807) is 22.5 Å². The summed E-state index contributed by atoms with van der Waals surface area (Å²) in [6.45, 7) is 0. The number of aromatic nitrogens is 2. The van der Waals surface area contributed by atoms with Crippen LogP contribution in [0.25, 0.3) is 5.69 Å². The standard InChI is InChI=1S/C13H12N2O3S2/c1-19-10-4-2-3-9(7-10)15-6-5-11(16)14-13(15)20-8-12(17)18/h2-7H,8H2,1H3,(H,17,18). The summed E-state index contributed by atoms with van der Waals surface area (Å²) in [7, 11) is 0. The molecule has 0 radical (unpaired) electrons. The van der Waals surface area contributed by atoms with Crippen molar-refractivity contribution in [3.8, 4) is 5.69 Å². The minimum absolute atomic E-state index is 0.140. The molecule has 1 aromatic carbocycles. The van der Waals surface area contributed by atoms with Gasteiger partial charge in [0.15, 0.2) is 5.16 Å². The van der Waals surface area contributed by atoms with E-state index >= 15 is 0 Å². The van der Waals surface area contributed by atoms with Gasteiger partial charge in [-0.15, -0.1) is 11.8 Å². The van der Waals surface area contributed by atoms with E-state index in [1.807, 2.05) is 30.5 Å². The number of hydrogen-bond donors (Lipinski definition) is 1. The number of carboxylic acids is 1. The van der Waals surface area contributed by atoms with Crippen LogP contribution in [-0.2, 0) is 4.79 Å². The zero-order valence-electron chi connectivity index (χ0n) is 10.6. The molecule has 0 spiro atoms. The van der Waals surface area contributed by atoms with Crippen LogP contribution < -0.4 is 5.56 Å². The van der Waals surface area contributed by atoms with Crippen molar-refractivity contribution in [2.75, 3.05) is 12.0 Å². The van der Waals surface area contributed by atoms with Crippen LogP contribution >= 0.6 is 23.5 Å². The Kier molecular flexibility index (Phi) is 4.86. The molecule has 0 atom stereocenters. The number of thioether (sulfide) groups is 2. The molecule has 7 heteroatoms. The number of carboxylic acid groups (broad SMARTS) is 1. The highest BCUT2D eigenvalue weighted by Crippen LogP contribution is 2.22. The Balaban J connectivity index is 2.43. The minimum atomic E-state index is -0.947. The van der Waals surface area contributed by atoms with Crippen molar-refractivity contribution in [1.82, 2.24) is 9.55 Å². The maximum atomic E-state index is 11.4. The maximum absolute atomic E-state index is 11.4. The van der Waals surface area contributed by atoms with Crippen molar-refractivity contribution >= 4 is 29.5 Å². The van der Waals surface area contributed by atoms with Crippen LogP contribution in [0.15, 0.2) is 51.4 Å². The van der Waals surface area contributed by atoms with Gasteiger partial charge in [0, 0.05) is 22.8 Å². The summed E-state index contributed by atoms with van der Waals surface area (Å²) in [5.74, 6) is -1.09. The van der Waals surface area contributed by atoms with Gasteiger partial charge in [0.25, 0.3) is 5.56 Å². The summed E-state index contributed by atoms with van der Waals surface area (Å²) in [6, 6.07) is 9.09. The molecule has 0 amide bonds. The zero-order valence-corrected chi connectivity index (χ0v) is 12.3. The van der Waals surface area contributed by atoms with Crippen molar-refractivity contribution in [3.05, 3.63) is 46.9 Å². The van der Waals surface area contributed by atoms with Crippen LogP contribution in [0.1, 0.15) is 0 Å². The quantitative estimate of drug-likeness (QED) is 0.674. The van der Waals surface area contributed by atoms with Gasteiger partial charge in [0.05, 0.1) is 5.75 Å². The molecule has 104 valence electrons. The van der Waals surface area contributed by atoms with Crippen molar-refractivity contribution in [2.45, 2.75) is 10.1 Å². The van der Waals surface area contributed by atoms with Gasteiger partial charge in [-0.1, -0.05) is 17.8 Å². The number of aliphatic carboxylic acids is 1. The van der Waals surface area contributed by atoms with Gasteiger partial charge in [-0.25, -0.2) is 0 Å². The van der Waals surface area contributed by atoms with Crippen LogP contribution in [-0.4, -0.2) is 32.6 Å². The lowest BCUT2D eigenvalue weighted by molar-refractivity contribution is -0.133. The third-order valence-corrected chi connectivity index (χ3v) is 4.10. The molecule has 0 aliphatic rings. The van der Waals surface area contributed by atoms with E-state index in [0.29, 0.717) is 5.16 Å². The summed E-state index contributed by atoms with van der Waals surface area (Å²) in [5.41, 5.74) is 0.465. The van der Waals surface area contributed by atoms with Gasteiger partial charge in [0.2, 0.25) is 0 Å². The first-order chi connectivity index (χ1) is 9.60. The van der Waals surface area contributed by atoms with E-state index in [9.17, 15) is 9.59 Å². The molecule has 0 aliphatic heterocycles. The molecule has 1 heterocycles. The van der Waals surface area contributed by atoms with Gasteiger partial charge < -0.3 is 5.11 Å². The minimum Gasteiger partial charge on any atom is -0.481 e. The largest absolute Gasteiger partial charge is 0.481 e. The van der Waals surface area contributed by atoms with Crippen LogP contribution in [0.3, 0.4) is 0 Å². The van der Waals surface area contributed by atoms with E-state index in [1.165, 1.54) is 6.07 Å². The number of carbonyl (C=O) groups is 1. The summed E-state index contributed by atoms with van der Waals surface area (Å²) >= 11 is 2.63. The molecule has 20 heavy (non-hydrogen) atoms. The fourth-order valence-electron chi connectivity index (χ4n) is 1.57. The van der Waals surface area contributed by atoms with E-state index in [0.717, 1.165) is 22.3 Å². The highest BCUT2D eigenvalue weighted by atomic mass is 32.2. The smallest absolute Gasteiger partial charge is 0.313 e. The van der Waals surface area contributed by atoms with Crippen LogP contribution in [0.5, 0.6) is 0 Å². The molecule has 1 aromatic heterocycles. The highest BCUT2D eigenvalue weighted by Gasteiger charge is 2.08. The van der Waals surface area contributed by atoms with Crippen molar-refractivity contribution in [2.24, 2.45) is 0 Å². The van der Waals surface area contributed by atoms with Crippen LogP contribution in [0.2, 0.25) is 0 Å². The molecular formula is C13H12N2O3S2. The predicted molar refractivity (Wildman–Crippen MR) is 80.0 cm³/mol. The fraction of sp³-hybridized carbons (Fsp3) is 0.154. The van der Waals surface area contributed by atoms with Gasteiger partial charge in [0.1, 0.15) is 0 Å². The van der Waals surface area contributed by atoms with Gasteiger partial charge >= 0.3 is 5.97 Å². The summed E-state index contributed by atoms with van der Waals surface area (Å²) in [5, 5.41) is 9.12. The van der Waals surface area contributed by atoms with Crippen molar-refractivity contribution in [3.63, 3.8) is 0 Å². The van der Waals surface area contributed by atoms with E-state index in [2.05, 4.69) is 4.98 Å². The first-order valence-electron chi connectivity index (χ1n) is 5.69. The molecule has 0 unspecified atom stereocenters. The first kappa shape index (κ1) is 14.7. The number of nitrogens with zero attached hydrogens (tertiary/aromatic N) is 2. The Morgan fingerprint density at radius 3 is 2.90 bits per heavy atom. The molecule has 0 saturated carbocycles. The lowest BCUT2D eigenvalue weighted by Gasteiger charge is -2.11. The summed E-state index contributed by atoms with van der Waals surface area (Å²) in [4.78, 5) is 27.0. The lowest BCUT2D eigenvalue weighted by atomic mass is 10.3. The Bertz CT molecular complexity index is 685. The number of benzene rings is 1. The second-order valence-corrected chi connectivity index (χ2v) is 5.62. The van der Waals surface area contributed by atoms with Crippen LogP contribution in [0.4, 0.5) is 0 Å². The SMILES string of the molecule is CSc1cccc(-n2ccc(=O)nc2SCC(=O)O)c1. The number of rotatable bonds is 5. The average Bonchev–Trinajstić information content (AvgIpc) is 2.45. The third-order valence-electron chi connectivity index (χ3n) is 2.43. The molecule has 0 saturated heterocycles. The first-order valence-corrected chi connectivity index (χ1v) is 7.90. The lowest BCUT2D eigenvalue weighted by Crippen LogP contribution is -2.13. The Labute approximate surface area is 124 Å². The monoisotopic (exact) mass is 308 g/mol. The molecule has 1 N–H and O–H groups in total. The molecular weight excluding hydrogens is 296 g/mol. The zero-order chi connectivity index (χ0) is 14.5. The van der Waals surface area contributed by atoms with Crippen molar-refractivity contribution in [1.29, 1.82) is 0 Å². The van der Waals surface area contributed by atoms with Gasteiger partial charge in [-0.05, 0) is 24.5 Å². The fourth-order valence-corrected chi connectivity index (χ4v) is 2.74. The van der Waals surface area contributed by atoms with Gasteiger partial charge in [-0.2, -0.15) is 4.98 Å². The molecule has 5 nitrogen and oxygen atoms in total. The predicted octanol–water partition coefficient (Wildman–Crippen LogP) is 2.13. The Morgan fingerprint density at radius 2 is 2.20 bits per heavy atom. The normalized spacial score (nSPS) is 10.4. The Hall–Kier alpha value is -1.73. The van der Waals surface area contributed by atoms with Crippen molar-refractivity contribution < 1.29 is 9.90 Å². The molecule has 2 rings (SSSR count). The second kappa shape index (κ2) is 6.62. The van der Waals surface area contributed by atoms with Crippen LogP contribution in [0, 0.1) is 0 Å². The molecule has 2 aromatic rings. The topological polar surface area (TPSA) is 72.2 Å². The van der Waals surface area contributed by atoms with E-state index in [-0.39, 0.29) is 11.3 Å². The van der Waals surface area contributed by atoms with Gasteiger partial charge in [-0.3, -0.25) is 14.2 Å². The molecule has 0 fully saturated rings. The third kappa shape index (κ3) is 3.64.